The average molecular weight is 350 g/mol. The molecule has 120 valence electrons. The lowest BCUT2D eigenvalue weighted by Gasteiger charge is -2.36. The highest BCUT2D eigenvalue weighted by atomic mass is 35.5. The lowest BCUT2D eigenvalue weighted by atomic mass is 10.1. The third-order valence-corrected chi connectivity index (χ3v) is 5.29. The normalized spacial score (nSPS) is 14.2. The van der Waals surface area contributed by atoms with Crippen molar-refractivity contribution in [1.29, 1.82) is 0 Å². The molecule has 1 aliphatic heterocycles. The molecule has 0 saturated carbocycles. The molecule has 0 bridgehead atoms. The molecule has 0 aromatic heterocycles. The van der Waals surface area contributed by atoms with Crippen molar-refractivity contribution in [3.63, 3.8) is 0 Å². The van der Waals surface area contributed by atoms with E-state index < -0.39 is 10.0 Å². The van der Waals surface area contributed by atoms with E-state index in [2.05, 4.69) is 4.72 Å². The SMILES string of the molecule is Cc1ccc(S(=O)(=O)Nc2cccc3c2N([O-])CC=C3Cl)cc1. The topological polar surface area (TPSA) is 72.5 Å². The Morgan fingerprint density at radius 3 is 2.57 bits per heavy atom. The van der Waals surface area contributed by atoms with Crippen molar-refractivity contribution >= 4 is 38.0 Å². The predicted octanol–water partition coefficient (Wildman–Crippen LogP) is 3.69. The van der Waals surface area contributed by atoms with Gasteiger partial charge in [-0.1, -0.05) is 41.4 Å². The van der Waals surface area contributed by atoms with Crippen LogP contribution in [0, 0.1) is 12.1 Å². The van der Waals surface area contributed by atoms with Crippen LogP contribution in [0.4, 0.5) is 11.4 Å². The molecule has 2 aromatic rings. The van der Waals surface area contributed by atoms with Crippen LogP contribution in [0.15, 0.2) is 53.4 Å². The minimum Gasteiger partial charge on any atom is -0.758 e. The van der Waals surface area contributed by atoms with Crippen LogP contribution in [0.5, 0.6) is 0 Å². The lowest BCUT2D eigenvalue weighted by Crippen LogP contribution is -2.22. The molecular formula is C16H14ClN2O3S-. The smallest absolute Gasteiger partial charge is 0.261 e. The number of anilines is 2. The summed E-state index contributed by atoms with van der Waals surface area (Å²) < 4.78 is 27.5. The minimum atomic E-state index is -3.78. The van der Waals surface area contributed by atoms with Gasteiger partial charge in [0, 0.05) is 17.1 Å². The van der Waals surface area contributed by atoms with E-state index in [1.54, 1.807) is 36.4 Å². The molecule has 0 saturated heterocycles. The van der Waals surface area contributed by atoms with E-state index in [-0.39, 0.29) is 22.8 Å². The van der Waals surface area contributed by atoms with Crippen LogP contribution >= 0.6 is 11.6 Å². The van der Waals surface area contributed by atoms with Gasteiger partial charge in [-0.3, -0.25) is 4.72 Å². The van der Waals surface area contributed by atoms with E-state index >= 15 is 0 Å². The first-order chi connectivity index (χ1) is 10.9. The molecular weight excluding hydrogens is 336 g/mol. The monoisotopic (exact) mass is 349 g/mol. The number of rotatable bonds is 3. The number of hydrogen-bond acceptors (Lipinski definition) is 4. The molecule has 2 aromatic carbocycles. The van der Waals surface area contributed by atoms with Crippen molar-refractivity contribution in [3.05, 3.63) is 64.9 Å². The Morgan fingerprint density at radius 2 is 1.87 bits per heavy atom. The third kappa shape index (κ3) is 3.06. The van der Waals surface area contributed by atoms with Crippen molar-refractivity contribution < 1.29 is 8.42 Å². The Kier molecular flexibility index (Phi) is 4.06. The van der Waals surface area contributed by atoms with Crippen molar-refractivity contribution in [1.82, 2.24) is 0 Å². The number of hydrogen-bond donors (Lipinski definition) is 1. The summed E-state index contributed by atoms with van der Waals surface area (Å²) in [5.41, 5.74) is 1.92. The van der Waals surface area contributed by atoms with Crippen molar-refractivity contribution in [2.24, 2.45) is 0 Å². The number of sulfonamides is 1. The van der Waals surface area contributed by atoms with Gasteiger partial charge in [0.1, 0.15) is 0 Å². The maximum Gasteiger partial charge on any atom is 0.261 e. The molecule has 1 aliphatic rings. The molecule has 0 amide bonds. The molecule has 0 spiro atoms. The molecule has 1 heterocycles. The lowest BCUT2D eigenvalue weighted by molar-refractivity contribution is 0.601. The van der Waals surface area contributed by atoms with E-state index in [0.717, 1.165) is 5.56 Å². The Morgan fingerprint density at radius 1 is 1.17 bits per heavy atom. The van der Waals surface area contributed by atoms with Gasteiger partial charge in [-0.25, -0.2) is 8.42 Å². The van der Waals surface area contributed by atoms with E-state index in [1.807, 2.05) is 6.92 Å². The van der Waals surface area contributed by atoms with E-state index in [9.17, 15) is 13.6 Å². The number of nitrogens with zero attached hydrogens (tertiary/aromatic N) is 1. The molecule has 0 atom stereocenters. The average Bonchev–Trinajstić information content (AvgIpc) is 2.51. The summed E-state index contributed by atoms with van der Waals surface area (Å²) >= 11 is 6.11. The van der Waals surface area contributed by atoms with Gasteiger partial charge < -0.3 is 10.3 Å². The van der Waals surface area contributed by atoms with Gasteiger partial charge in [-0.15, -0.1) is 0 Å². The zero-order valence-corrected chi connectivity index (χ0v) is 13.9. The summed E-state index contributed by atoms with van der Waals surface area (Å²) in [6.45, 7) is 1.95. The second-order valence-corrected chi connectivity index (χ2v) is 7.32. The number of benzene rings is 2. The van der Waals surface area contributed by atoms with Crippen LogP contribution in [-0.2, 0) is 10.0 Å². The molecule has 0 unspecified atom stereocenters. The van der Waals surface area contributed by atoms with Gasteiger partial charge in [0.2, 0.25) is 0 Å². The maximum absolute atomic E-state index is 12.5. The number of fused-ring (bicyclic) bond motifs is 1. The molecule has 0 aliphatic carbocycles. The second-order valence-electron chi connectivity index (χ2n) is 5.23. The van der Waals surface area contributed by atoms with Crippen LogP contribution in [0.3, 0.4) is 0 Å². The Labute approximate surface area is 139 Å². The van der Waals surface area contributed by atoms with Crippen LogP contribution in [0.25, 0.3) is 5.03 Å². The fourth-order valence-electron chi connectivity index (χ4n) is 2.37. The Bertz CT molecular complexity index is 877. The first kappa shape index (κ1) is 15.9. The highest BCUT2D eigenvalue weighted by Gasteiger charge is 2.20. The molecule has 23 heavy (non-hydrogen) atoms. The number of halogens is 1. The molecule has 1 N–H and O–H groups in total. The quantitative estimate of drug-likeness (QED) is 0.917. The Balaban J connectivity index is 2.03. The van der Waals surface area contributed by atoms with Gasteiger partial charge in [-0.05, 0) is 31.2 Å². The number of aryl methyl sites for hydroxylation is 1. The summed E-state index contributed by atoms with van der Waals surface area (Å²) in [7, 11) is -3.78. The standard InChI is InChI=1S/C16H14ClN2O3S/c1-11-5-7-12(8-6-11)23(21,22)18-15-4-2-3-13-14(17)9-10-19(20)16(13)15/h2-9,18H,10H2,1H3/q-1. The fourth-order valence-corrected chi connectivity index (χ4v) is 3.66. The van der Waals surface area contributed by atoms with Crippen molar-refractivity contribution in [2.75, 3.05) is 16.3 Å². The first-order valence-corrected chi connectivity index (χ1v) is 8.78. The largest absolute Gasteiger partial charge is 0.758 e. The first-order valence-electron chi connectivity index (χ1n) is 6.92. The summed E-state index contributed by atoms with van der Waals surface area (Å²) in [6, 6.07) is 11.4. The van der Waals surface area contributed by atoms with Crippen molar-refractivity contribution in [3.8, 4) is 0 Å². The Hall–Kier alpha value is -2.02. The maximum atomic E-state index is 12.5. The van der Waals surface area contributed by atoms with E-state index in [4.69, 9.17) is 11.6 Å². The van der Waals surface area contributed by atoms with E-state index in [0.29, 0.717) is 15.7 Å². The summed E-state index contributed by atoms with van der Waals surface area (Å²) in [5, 5.41) is 13.2. The molecule has 0 fully saturated rings. The summed E-state index contributed by atoms with van der Waals surface area (Å²) in [5.74, 6) is 0. The van der Waals surface area contributed by atoms with Crippen LogP contribution in [-0.4, -0.2) is 15.0 Å². The fraction of sp³-hybridized carbons (Fsp3) is 0.125. The summed E-state index contributed by atoms with van der Waals surface area (Å²) in [4.78, 5) is 0.135. The molecule has 7 heteroatoms. The zero-order chi connectivity index (χ0) is 16.6. The number of para-hydroxylation sites is 1. The van der Waals surface area contributed by atoms with Crippen molar-refractivity contribution in [2.45, 2.75) is 11.8 Å². The molecule has 0 radical (unpaired) electrons. The predicted molar refractivity (Wildman–Crippen MR) is 93.0 cm³/mol. The van der Waals surface area contributed by atoms with Gasteiger partial charge in [-0.2, -0.15) is 0 Å². The minimum absolute atomic E-state index is 0.0785. The van der Waals surface area contributed by atoms with Gasteiger partial charge in [0.05, 0.1) is 16.3 Å². The second kappa shape index (κ2) is 5.88. The highest BCUT2D eigenvalue weighted by Crippen LogP contribution is 2.39. The van der Waals surface area contributed by atoms with Gasteiger partial charge >= 0.3 is 0 Å². The third-order valence-electron chi connectivity index (χ3n) is 3.55. The number of hydroxylamine groups is 1. The number of nitrogens with one attached hydrogen (secondary N) is 1. The molecule has 3 rings (SSSR count). The summed E-state index contributed by atoms with van der Waals surface area (Å²) in [6.07, 6.45) is 1.59. The van der Waals surface area contributed by atoms with Gasteiger partial charge in [0.25, 0.3) is 10.0 Å². The highest BCUT2D eigenvalue weighted by molar-refractivity contribution is 7.92. The van der Waals surface area contributed by atoms with Crippen LogP contribution in [0.2, 0.25) is 0 Å². The molecule has 5 nitrogen and oxygen atoms in total. The van der Waals surface area contributed by atoms with Crippen LogP contribution in [0.1, 0.15) is 11.1 Å². The zero-order valence-electron chi connectivity index (χ0n) is 12.3. The van der Waals surface area contributed by atoms with Gasteiger partial charge in [0.15, 0.2) is 0 Å². The van der Waals surface area contributed by atoms with Crippen LogP contribution < -0.4 is 9.79 Å². The van der Waals surface area contributed by atoms with E-state index in [1.165, 1.54) is 12.1 Å².